The maximum Gasteiger partial charge on any atom is 0.288 e. The van der Waals surface area contributed by atoms with Crippen molar-refractivity contribution in [1.82, 2.24) is 10.2 Å². The van der Waals surface area contributed by atoms with Crippen LogP contribution in [0.15, 0.2) is 29.2 Å². The van der Waals surface area contributed by atoms with Crippen LogP contribution in [0, 0.1) is 25.2 Å². The van der Waals surface area contributed by atoms with E-state index in [0.29, 0.717) is 39.2 Å². The number of benzene rings is 1. The summed E-state index contributed by atoms with van der Waals surface area (Å²) in [6, 6.07) is 8.70. The molecule has 0 saturated heterocycles. The number of aromatic nitrogens is 2. The Morgan fingerprint density at radius 3 is 2.62 bits per heavy atom. The summed E-state index contributed by atoms with van der Waals surface area (Å²) in [7, 11) is 0. The van der Waals surface area contributed by atoms with Gasteiger partial charge in [0.15, 0.2) is 5.82 Å². The third-order valence-corrected chi connectivity index (χ3v) is 3.71. The van der Waals surface area contributed by atoms with Gasteiger partial charge >= 0.3 is 0 Å². The summed E-state index contributed by atoms with van der Waals surface area (Å²) in [6.07, 6.45) is 0. The highest BCUT2D eigenvalue weighted by Gasteiger charge is 2.14. The molecule has 2 aromatic rings. The summed E-state index contributed by atoms with van der Waals surface area (Å²) in [5.74, 6) is -2.25. The Labute approximate surface area is 125 Å². The Kier molecular flexibility index (Phi) is 4.70. The molecular formula is C14H12F2N4S. The molecule has 0 radical (unpaired) electrons. The van der Waals surface area contributed by atoms with E-state index in [4.69, 9.17) is 0 Å². The lowest BCUT2D eigenvalue weighted by atomic mass is 10.1. The molecule has 108 valence electrons. The first-order chi connectivity index (χ1) is 10.0. The molecule has 1 N–H and O–H groups in total. The van der Waals surface area contributed by atoms with Crippen LogP contribution in [0.5, 0.6) is 0 Å². The van der Waals surface area contributed by atoms with Gasteiger partial charge in [0.2, 0.25) is 0 Å². The number of nitriles is 1. The second-order valence-electron chi connectivity index (χ2n) is 4.25. The quantitative estimate of drug-likeness (QED) is 0.864. The maximum atomic E-state index is 12.6. The first kappa shape index (κ1) is 15.2. The number of alkyl halides is 2. The predicted octanol–water partition coefficient (Wildman–Crippen LogP) is 4.02. The standard InChI is InChI=1S/C14H12F2N4S/c1-8-9(2)19-20-13(10(8)7-17)18-11-5-3-4-6-12(11)21-14(15)16/h3-6,14H,1-2H3,(H,18,20). The van der Waals surface area contributed by atoms with Crippen LogP contribution in [0.3, 0.4) is 0 Å². The van der Waals surface area contributed by atoms with Crippen LogP contribution in [0.2, 0.25) is 0 Å². The monoisotopic (exact) mass is 306 g/mol. The third kappa shape index (κ3) is 3.47. The minimum absolute atomic E-state index is 0.267. The number of thioether (sulfide) groups is 1. The van der Waals surface area contributed by atoms with Crippen LogP contribution in [-0.2, 0) is 0 Å². The van der Waals surface area contributed by atoms with Crippen LogP contribution < -0.4 is 5.32 Å². The Balaban J connectivity index is 2.40. The number of anilines is 2. The molecule has 1 aromatic heterocycles. The molecule has 0 amide bonds. The zero-order valence-corrected chi connectivity index (χ0v) is 12.2. The molecule has 0 saturated carbocycles. The summed E-state index contributed by atoms with van der Waals surface area (Å²) >= 11 is 0.438. The normalized spacial score (nSPS) is 10.5. The second kappa shape index (κ2) is 6.50. The van der Waals surface area contributed by atoms with Gasteiger partial charge < -0.3 is 5.32 Å². The van der Waals surface area contributed by atoms with Gasteiger partial charge in [0.25, 0.3) is 5.76 Å². The molecule has 4 nitrogen and oxygen atoms in total. The molecule has 1 heterocycles. The van der Waals surface area contributed by atoms with Gasteiger partial charge in [-0.05, 0) is 31.5 Å². The van der Waals surface area contributed by atoms with Crippen molar-refractivity contribution < 1.29 is 8.78 Å². The van der Waals surface area contributed by atoms with E-state index in [1.807, 2.05) is 0 Å². The van der Waals surface area contributed by atoms with Gasteiger partial charge in [-0.1, -0.05) is 23.9 Å². The molecule has 0 aliphatic rings. The number of nitrogens with zero attached hydrogens (tertiary/aromatic N) is 3. The maximum absolute atomic E-state index is 12.6. The smallest absolute Gasteiger partial charge is 0.288 e. The number of rotatable bonds is 4. The molecule has 1 aromatic carbocycles. The first-order valence-electron chi connectivity index (χ1n) is 6.07. The Morgan fingerprint density at radius 2 is 1.95 bits per heavy atom. The lowest BCUT2D eigenvalue weighted by molar-refractivity contribution is 0.252. The number of halogens is 2. The van der Waals surface area contributed by atoms with Crippen molar-refractivity contribution in [2.45, 2.75) is 24.5 Å². The van der Waals surface area contributed by atoms with Crippen LogP contribution in [0.25, 0.3) is 0 Å². The van der Waals surface area contributed by atoms with E-state index >= 15 is 0 Å². The molecule has 0 aliphatic heterocycles. The molecule has 2 rings (SSSR count). The van der Waals surface area contributed by atoms with Crippen molar-refractivity contribution in [1.29, 1.82) is 5.26 Å². The van der Waals surface area contributed by atoms with E-state index in [0.717, 1.165) is 0 Å². The first-order valence-corrected chi connectivity index (χ1v) is 6.95. The third-order valence-electron chi connectivity index (χ3n) is 2.92. The van der Waals surface area contributed by atoms with Crippen molar-refractivity contribution >= 4 is 23.3 Å². The van der Waals surface area contributed by atoms with Crippen LogP contribution in [0.1, 0.15) is 16.8 Å². The van der Waals surface area contributed by atoms with Crippen molar-refractivity contribution in [3.63, 3.8) is 0 Å². The van der Waals surface area contributed by atoms with E-state index in [1.54, 1.807) is 38.1 Å². The van der Waals surface area contributed by atoms with Crippen molar-refractivity contribution in [3.8, 4) is 6.07 Å². The van der Waals surface area contributed by atoms with Crippen molar-refractivity contribution in [3.05, 3.63) is 41.1 Å². The van der Waals surface area contributed by atoms with Gasteiger partial charge in [0.05, 0.1) is 11.4 Å². The Hall–Kier alpha value is -2.20. The minimum atomic E-state index is -2.52. The van der Waals surface area contributed by atoms with Gasteiger partial charge in [-0.15, -0.1) is 5.10 Å². The second-order valence-corrected chi connectivity index (χ2v) is 5.28. The molecule has 0 spiro atoms. The largest absolute Gasteiger partial charge is 0.337 e. The lowest BCUT2D eigenvalue weighted by Crippen LogP contribution is -2.04. The van der Waals surface area contributed by atoms with Gasteiger partial charge in [-0.25, -0.2) is 0 Å². The highest BCUT2D eigenvalue weighted by molar-refractivity contribution is 7.99. The van der Waals surface area contributed by atoms with E-state index in [1.165, 1.54) is 0 Å². The van der Waals surface area contributed by atoms with E-state index in [9.17, 15) is 14.0 Å². The fourth-order valence-electron chi connectivity index (χ4n) is 1.73. The molecule has 0 unspecified atom stereocenters. The molecular weight excluding hydrogens is 294 g/mol. The van der Waals surface area contributed by atoms with Gasteiger partial charge in [-0.2, -0.15) is 19.1 Å². The van der Waals surface area contributed by atoms with Crippen LogP contribution >= 0.6 is 11.8 Å². The summed E-state index contributed by atoms with van der Waals surface area (Å²) in [5.41, 5.74) is 2.21. The molecule has 21 heavy (non-hydrogen) atoms. The molecule has 0 fully saturated rings. The van der Waals surface area contributed by atoms with E-state index in [-0.39, 0.29) is 5.82 Å². The van der Waals surface area contributed by atoms with E-state index in [2.05, 4.69) is 21.6 Å². The van der Waals surface area contributed by atoms with Gasteiger partial charge in [0, 0.05) is 4.90 Å². The van der Waals surface area contributed by atoms with Crippen molar-refractivity contribution in [2.24, 2.45) is 0 Å². The van der Waals surface area contributed by atoms with Crippen LogP contribution in [-0.4, -0.2) is 16.0 Å². The fourth-order valence-corrected chi connectivity index (χ4v) is 2.32. The Bertz CT molecular complexity index is 698. The SMILES string of the molecule is Cc1nnc(Nc2ccccc2SC(F)F)c(C#N)c1C. The predicted molar refractivity (Wildman–Crippen MR) is 77.8 cm³/mol. The molecule has 0 aliphatic carbocycles. The number of hydrogen-bond donors (Lipinski definition) is 1. The summed E-state index contributed by atoms with van der Waals surface area (Å²) in [6.45, 7) is 3.53. The van der Waals surface area contributed by atoms with E-state index < -0.39 is 5.76 Å². The zero-order chi connectivity index (χ0) is 15.4. The number of nitrogens with one attached hydrogen (secondary N) is 1. The highest BCUT2D eigenvalue weighted by Crippen LogP contribution is 2.33. The number of para-hydroxylation sites is 1. The summed E-state index contributed by atoms with van der Waals surface area (Å²) in [4.78, 5) is 0.386. The van der Waals surface area contributed by atoms with Gasteiger partial charge in [-0.3, -0.25) is 0 Å². The summed E-state index contributed by atoms with van der Waals surface area (Å²) in [5, 5.41) is 20.0. The average Bonchev–Trinajstić information content (AvgIpc) is 2.45. The lowest BCUT2D eigenvalue weighted by Gasteiger charge is -2.12. The summed E-state index contributed by atoms with van der Waals surface area (Å²) < 4.78 is 25.1. The topological polar surface area (TPSA) is 61.6 Å². The minimum Gasteiger partial charge on any atom is -0.337 e. The average molecular weight is 306 g/mol. The zero-order valence-electron chi connectivity index (χ0n) is 11.4. The van der Waals surface area contributed by atoms with Crippen LogP contribution in [0.4, 0.5) is 20.3 Å². The Morgan fingerprint density at radius 1 is 1.24 bits per heavy atom. The number of hydrogen-bond acceptors (Lipinski definition) is 5. The highest BCUT2D eigenvalue weighted by atomic mass is 32.2. The fraction of sp³-hybridized carbons (Fsp3) is 0.214. The van der Waals surface area contributed by atoms with Crippen molar-refractivity contribution in [2.75, 3.05) is 5.32 Å². The molecule has 0 bridgehead atoms. The molecule has 7 heteroatoms. The molecule has 0 atom stereocenters. The van der Waals surface area contributed by atoms with Gasteiger partial charge in [0.1, 0.15) is 11.6 Å². The number of aryl methyl sites for hydroxylation is 1.